The fourth-order valence-corrected chi connectivity index (χ4v) is 2.85. The average molecular weight is 413 g/mol. The van der Waals surface area contributed by atoms with Crippen LogP contribution < -0.4 is 10.6 Å². The molecule has 1 aliphatic carbocycles. The van der Waals surface area contributed by atoms with E-state index < -0.39 is 0 Å². The lowest BCUT2D eigenvalue weighted by Gasteiger charge is -2.16. The van der Waals surface area contributed by atoms with Gasteiger partial charge in [0, 0.05) is 25.5 Å². The van der Waals surface area contributed by atoms with Crippen LogP contribution in [0.4, 0.5) is 0 Å². The molecule has 0 amide bonds. The molecule has 2 N–H and O–H groups in total. The molecule has 0 aliphatic heterocycles. The van der Waals surface area contributed by atoms with Gasteiger partial charge in [0.05, 0.1) is 12.2 Å². The van der Waals surface area contributed by atoms with Gasteiger partial charge in [-0.15, -0.1) is 24.0 Å². The molecular formula is C16H24IN5. The standard InChI is InChI=1S/C16H23N5.HI/c1-12-7-8-21-11-14(19-15(21)9-12)10-18-16(17-2)20-13-5-3-4-6-13;/h7-9,11,13H,3-6,10H2,1-2H3,(H2,17,18,20);1H. The second-order valence-electron chi connectivity index (χ2n) is 5.75. The number of aliphatic imine (C=N–C) groups is 1. The number of pyridine rings is 1. The Morgan fingerprint density at radius 3 is 2.91 bits per heavy atom. The molecule has 0 saturated heterocycles. The van der Waals surface area contributed by atoms with E-state index in [2.05, 4.69) is 50.3 Å². The number of halogens is 1. The highest BCUT2D eigenvalue weighted by atomic mass is 127. The predicted octanol–water partition coefficient (Wildman–Crippen LogP) is 2.87. The van der Waals surface area contributed by atoms with Crippen molar-refractivity contribution in [1.82, 2.24) is 20.0 Å². The lowest BCUT2D eigenvalue weighted by atomic mass is 10.2. The summed E-state index contributed by atoms with van der Waals surface area (Å²) in [5, 5.41) is 6.83. The Balaban J connectivity index is 0.00000176. The SMILES string of the molecule is CN=C(NCc1cn2ccc(C)cc2n1)NC1CCCC1.I. The molecule has 120 valence electrons. The highest BCUT2D eigenvalue weighted by molar-refractivity contribution is 14.0. The van der Waals surface area contributed by atoms with Gasteiger partial charge >= 0.3 is 0 Å². The first kappa shape index (κ1) is 17.1. The van der Waals surface area contributed by atoms with Crippen LogP contribution in [0.15, 0.2) is 29.5 Å². The van der Waals surface area contributed by atoms with Crippen molar-refractivity contribution in [2.24, 2.45) is 4.99 Å². The first-order chi connectivity index (χ1) is 10.2. The van der Waals surface area contributed by atoms with E-state index in [0.717, 1.165) is 17.3 Å². The third-order valence-electron chi connectivity index (χ3n) is 4.02. The number of fused-ring (bicyclic) bond motifs is 1. The summed E-state index contributed by atoms with van der Waals surface area (Å²) < 4.78 is 2.05. The maximum absolute atomic E-state index is 4.63. The van der Waals surface area contributed by atoms with E-state index in [1.807, 2.05) is 13.2 Å². The molecule has 0 atom stereocenters. The van der Waals surface area contributed by atoms with Crippen LogP contribution in [-0.2, 0) is 6.54 Å². The zero-order valence-corrected chi connectivity index (χ0v) is 15.5. The lowest BCUT2D eigenvalue weighted by molar-refractivity contribution is 0.613. The second kappa shape index (κ2) is 7.80. The van der Waals surface area contributed by atoms with Gasteiger partial charge in [-0.1, -0.05) is 12.8 Å². The van der Waals surface area contributed by atoms with Gasteiger partial charge < -0.3 is 15.0 Å². The van der Waals surface area contributed by atoms with Crippen LogP contribution >= 0.6 is 24.0 Å². The zero-order valence-electron chi connectivity index (χ0n) is 13.2. The molecule has 0 bridgehead atoms. The highest BCUT2D eigenvalue weighted by Gasteiger charge is 2.15. The minimum atomic E-state index is 0. The van der Waals surface area contributed by atoms with Gasteiger partial charge in [0.25, 0.3) is 0 Å². The molecule has 22 heavy (non-hydrogen) atoms. The Bertz CT molecular complexity index is 643. The van der Waals surface area contributed by atoms with Crippen molar-refractivity contribution >= 4 is 35.6 Å². The summed E-state index contributed by atoms with van der Waals surface area (Å²) in [6.07, 6.45) is 9.24. The summed E-state index contributed by atoms with van der Waals surface area (Å²) in [6.45, 7) is 2.77. The van der Waals surface area contributed by atoms with Gasteiger partial charge in [0.1, 0.15) is 5.65 Å². The fourth-order valence-electron chi connectivity index (χ4n) is 2.85. The van der Waals surface area contributed by atoms with Crippen molar-refractivity contribution in [2.45, 2.75) is 45.2 Å². The van der Waals surface area contributed by atoms with Crippen LogP contribution in [0.1, 0.15) is 36.9 Å². The number of hydrogen-bond acceptors (Lipinski definition) is 2. The van der Waals surface area contributed by atoms with Gasteiger partial charge in [-0.05, 0) is 37.5 Å². The van der Waals surface area contributed by atoms with Crippen molar-refractivity contribution in [3.05, 3.63) is 35.8 Å². The van der Waals surface area contributed by atoms with E-state index in [9.17, 15) is 0 Å². The van der Waals surface area contributed by atoms with E-state index in [0.29, 0.717) is 12.6 Å². The number of nitrogens with zero attached hydrogens (tertiary/aromatic N) is 3. The maximum Gasteiger partial charge on any atom is 0.191 e. The number of aromatic nitrogens is 2. The molecule has 2 aromatic rings. The van der Waals surface area contributed by atoms with Gasteiger partial charge in [-0.3, -0.25) is 4.99 Å². The summed E-state index contributed by atoms with van der Waals surface area (Å²) >= 11 is 0. The van der Waals surface area contributed by atoms with Gasteiger partial charge in [-0.2, -0.15) is 0 Å². The zero-order chi connectivity index (χ0) is 14.7. The summed E-state index contributed by atoms with van der Waals surface area (Å²) in [7, 11) is 1.82. The quantitative estimate of drug-likeness (QED) is 0.462. The van der Waals surface area contributed by atoms with Gasteiger partial charge in [0.15, 0.2) is 5.96 Å². The van der Waals surface area contributed by atoms with Crippen molar-refractivity contribution < 1.29 is 0 Å². The second-order valence-corrected chi connectivity index (χ2v) is 5.75. The maximum atomic E-state index is 4.63. The number of aryl methyl sites for hydroxylation is 1. The van der Waals surface area contributed by atoms with Gasteiger partial charge in [-0.25, -0.2) is 4.98 Å². The monoisotopic (exact) mass is 413 g/mol. The molecule has 5 nitrogen and oxygen atoms in total. The van der Waals surface area contributed by atoms with Crippen LogP contribution in [0, 0.1) is 6.92 Å². The van der Waals surface area contributed by atoms with Gasteiger partial charge in [0.2, 0.25) is 0 Å². The molecular weight excluding hydrogens is 389 g/mol. The largest absolute Gasteiger partial charge is 0.354 e. The Labute approximate surface area is 148 Å². The van der Waals surface area contributed by atoms with Crippen molar-refractivity contribution in [1.29, 1.82) is 0 Å². The van der Waals surface area contributed by atoms with Crippen LogP contribution in [0.5, 0.6) is 0 Å². The molecule has 1 saturated carbocycles. The first-order valence-corrected chi connectivity index (χ1v) is 7.66. The third kappa shape index (κ3) is 4.12. The van der Waals surface area contributed by atoms with Crippen LogP contribution in [-0.4, -0.2) is 28.4 Å². The Morgan fingerprint density at radius 1 is 1.41 bits per heavy atom. The highest BCUT2D eigenvalue weighted by Crippen LogP contribution is 2.17. The minimum Gasteiger partial charge on any atom is -0.354 e. The van der Waals surface area contributed by atoms with Crippen LogP contribution in [0.25, 0.3) is 5.65 Å². The fraction of sp³-hybridized carbons (Fsp3) is 0.500. The van der Waals surface area contributed by atoms with E-state index in [-0.39, 0.29) is 24.0 Å². The molecule has 0 aromatic carbocycles. The molecule has 0 unspecified atom stereocenters. The molecule has 3 rings (SSSR count). The van der Waals surface area contributed by atoms with Crippen molar-refractivity contribution in [3.63, 3.8) is 0 Å². The number of nitrogens with one attached hydrogen (secondary N) is 2. The Morgan fingerprint density at radius 2 is 2.18 bits per heavy atom. The van der Waals surface area contributed by atoms with E-state index >= 15 is 0 Å². The van der Waals surface area contributed by atoms with Crippen molar-refractivity contribution in [2.75, 3.05) is 7.05 Å². The number of guanidine groups is 1. The summed E-state index contributed by atoms with van der Waals surface area (Å²) in [4.78, 5) is 8.92. The first-order valence-electron chi connectivity index (χ1n) is 7.66. The van der Waals surface area contributed by atoms with E-state index in [1.165, 1.54) is 31.2 Å². The molecule has 6 heteroatoms. The average Bonchev–Trinajstić information content (AvgIpc) is 3.11. The van der Waals surface area contributed by atoms with E-state index in [1.54, 1.807) is 0 Å². The molecule has 1 aliphatic rings. The predicted molar refractivity (Wildman–Crippen MR) is 101 cm³/mol. The number of imidazole rings is 1. The molecule has 2 aromatic heterocycles. The molecule has 0 spiro atoms. The normalized spacial score (nSPS) is 15.8. The summed E-state index contributed by atoms with van der Waals surface area (Å²) in [5.41, 5.74) is 3.24. The van der Waals surface area contributed by atoms with Crippen LogP contribution in [0.3, 0.4) is 0 Å². The summed E-state index contributed by atoms with van der Waals surface area (Å²) in [5.74, 6) is 0.870. The lowest BCUT2D eigenvalue weighted by Crippen LogP contribution is -2.41. The summed E-state index contributed by atoms with van der Waals surface area (Å²) in [6, 6.07) is 4.75. The Hall–Kier alpha value is -1.31. The minimum absolute atomic E-state index is 0. The van der Waals surface area contributed by atoms with Crippen LogP contribution in [0.2, 0.25) is 0 Å². The molecule has 0 radical (unpaired) electrons. The molecule has 1 fully saturated rings. The topological polar surface area (TPSA) is 53.7 Å². The Kier molecular flexibility index (Phi) is 6.05. The third-order valence-corrected chi connectivity index (χ3v) is 4.02. The van der Waals surface area contributed by atoms with E-state index in [4.69, 9.17) is 0 Å². The van der Waals surface area contributed by atoms with Crippen molar-refractivity contribution in [3.8, 4) is 0 Å². The smallest absolute Gasteiger partial charge is 0.191 e. The molecule has 2 heterocycles. The number of rotatable bonds is 3. The number of hydrogen-bond donors (Lipinski definition) is 2.